The predicted octanol–water partition coefficient (Wildman–Crippen LogP) is 3.18. The number of hydrogen-bond acceptors (Lipinski definition) is 3. The van der Waals surface area contributed by atoms with E-state index in [9.17, 15) is 4.79 Å². The van der Waals surface area contributed by atoms with Crippen LogP contribution in [0.25, 0.3) is 0 Å². The van der Waals surface area contributed by atoms with E-state index in [1.807, 2.05) is 35.2 Å². The number of carbonyl (C=O) groups is 1. The highest BCUT2D eigenvalue weighted by Gasteiger charge is 2.33. The van der Waals surface area contributed by atoms with Crippen LogP contribution in [0.1, 0.15) is 39.2 Å². The quantitative estimate of drug-likeness (QED) is 0.926. The Balaban J connectivity index is 1.87. The molecule has 1 atom stereocenters. The third-order valence-corrected chi connectivity index (χ3v) is 3.80. The molecule has 1 aromatic rings. The molecule has 0 spiro atoms. The largest absolute Gasteiger partial charge is 0.445 e. The van der Waals surface area contributed by atoms with Gasteiger partial charge in [-0.25, -0.2) is 4.79 Å². The first kappa shape index (κ1) is 15.8. The van der Waals surface area contributed by atoms with E-state index in [0.29, 0.717) is 19.2 Å². The van der Waals surface area contributed by atoms with Crippen LogP contribution in [0.4, 0.5) is 4.79 Å². The highest BCUT2D eigenvalue weighted by molar-refractivity contribution is 5.68. The van der Waals surface area contributed by atoms with Gasteiger partial charge in [-0.05, 0) is 25.3 Å². The van der Waals surface area contributed by atoms with Crippen molar-refractivity contribution in [3.8, 4) is 0 Å². The lowest BCUT2D eigenvalue weighted by Crippen LogP contribution is -2.58. The van der Waals surface area contributed by atoms with Gasteiger partial charge in [-0.2, -0.15) is 0 Å². The van der Waals surface area contributed by atoms with Gasteiger partial charge in [0, 0.05) is 24.7 Å². The number of hydrogen-bond donors (Lipinski definition) is 1. The van der Waals surface area contributed by atoms with Gasteiger partial charge in [-0.3, -0.25) is 0 Å². The van der Waals surface area contributed by atoms with E-state index in [2.05, 4.69) is 26.1 Å². The molecule has 1 amide bonds. The third-order valence-electron chi connectivity index (χ3n) is 3.80. The molecule has 4 heteroatoms. The van der Waals surface area contributed by atoms with Gasteiger partial charge < -0.3 is 15.0 Å². The number of ether oxygens (including phenoxy) is 1. The lowest BCUT2D eigenvalue weighted by molar-refractivity contribution is 0.0672. The number of piperidine rings is 1. The highest BCUT2D eigenvalue weighted by Crippen LogP contribution is 2.22. The van der Waals surface area contributed by atoms with E-state index in [4.69, 9.17) is 4.74 Å². The fraction of sp³-hybridized carbons (Fsp3) is 0.588. The highest BCUT2D eigenvalue weighted by atomic mass is 16.6. The maximum atomic E-state index is 12.2. The minimum Gasteiger partial charge on any atom is -0.445 e. The second kappa shape index (κ2) is 6.94. The van der Waals surface area contributed by atoms with Crippen molar-refractivity contribution in [3.63, 3.8) is 0 Å². The van der Waals surface area contributed by atoms with Crippen LogP contribution in [0.2, 0.25) is 0 Å². The van der Waals surface area contributed by atoms with E-state index >= 15 is 0 Å². The van der Waals surface area contributed by atoms with E-state index in [-0.39, 0.29) is 11.6 Å². The van der Waals surface area contributed by atoms with Crippen LogP contribution in [0.5, 0.6) is 0 Å². The Morgan fingerprint density at radius 1 is 1.38 bits per heavy atom. The molecule has 1 aromatic carbocycles. The summed E-state index contributed by atoms with van der Waals surface area (Å²) in [6.07, 6.45) is 1.89. The van der Waals surface area contributed by atoms with Crippen molar-refractivity contribution < 1.29 is 9.53 Å². The molecule has 0 saturated carbocycles. The lowest BCUT2D eigenvalue weighted by Gasteiger charge is -2.41. The lowest BCUT2D eigenvalue weighted by atomic mass is 9.90. The second-order valence-corrected chi connectivity index (χ2v) is 6.42. The summed E-state index contributed by atoms with van der Waals surface area (Å²) in [5.74, 6) is 0. The first-order valence-electron chi connectivity index (χ1n) is 7.72. The zero-order valence-electron chi connectivity index (χ0n) is 13.3. The maximum absolute atomic E-state index is 12.2. The molecule has 1 fully saturated rings. The molecule has 1 saturated heterocycles. The SMILES string of the molecule is CC(C)NC1(C)CCCN(C(=O)OCc2ccccc2)C1. The molecule has 1 N–H and O–H groups in total. The normalized spacial score (nSPS) is 22.4. The zero-order valence-corrected chi connectivity index (χ0v) is 13.3. The smallest absolute Gasteiger partial charge is 0.410 e. The molecule has 1 heterocycles. The summed E-state index contributed by atoms with van der Waals surface area (Å²) in [6, 6.07) is 10.2. The summed E-state index contributed by atoms with van der Waals surface area (Å²) >= 11 is 0. The van der Waals surface area contributed by atoms with Crippen LogP contribution in [-0.4, -0.2) is 35.7 Å². The van der Waals surface area contributed by atoms with Crippen molar-refractivity contribution in [1.29, 1.82) is 0 Å². The number of nitrogens with one attached hydrogen (secondary N) is 1. The predicted molar refractivity (Wildman–Crippen MR) is 84.1 cm³/mol. The molecule has 1 aliphatic heterocycles. The van der Waals surface area contributed by atoms with Crippen LogP contribution in [-0.2, 0) is 11.3 Å². The fourth-order valence-electron chi connectivity index (χ4n) is 3.02. The average Bonchev–Trinajstić information content (AvgIpc) is 2.44. The minimum absolute atomic E-state index is 0.0157. The van der Waals surface area contributed by atoms with E-state index in [1.54, 1.807) is 0 Å². The van der Waals surface area contributed by atoms with Crippen LogP contribution in [0.15, 0.2) is 30.3 Å². The number of rotatable bonds is 4. The first-order chi connectivity index (χ1) is 9.98. The molecular formula is C17H26N2O2. The Kier molecular flexibility index (Phi) is 5.23. The minimum atomic E-state index is -0.213. The number of benzene rings is 1. The van der Waals surface area contributed by atoms with Gasteiger partial charge in [-0.1, -0.05) is 44.2 Å². The van der Waals surface area contributed by atoms with E-state index < -0.39 is 0 Å². The van der Waals surface area contributed by atoms with Gasteiger partial charge in [0.1, 0.15) is 6.61 Å². The van der Waals surface area contributed by atoms with Gasteiger partial charge in [0.05, 0.1) is 0 Å². The van der Waals surface area contributed by atoms with Gasteiger partial charge in [-0.15, -0.1) is 0 Å². The third kappa shape index (κ3) is 4.74. The van der Waals surface area contributed by atoms with Crippen molar-refractivity contribution in [2.75, 3.05) is 13.1 Å². The van der Waals surface area contributed by atoms with Crippen molar-refractivity contribution in [2.24, 2.45) is 0 Å². The van der Waals surface area contributed by atoms with Gasteiger partial charge >= 0.3 is 6.09 Å². The molecule has 21 heavy (non-hydrogen) atoms. The molecule has 2 rings (SSSR count). The topological polar surface area (TPSA) is 41.6 Å². The second-order valence-electron chi connectivity index (χ2n) is 6.42. The molecule has 4 nitrogen and oxygen atoms in total. The molecule has 116 valence electrons. The number of carbonyl (C=O) groups excluding carboxylic acids is 1. The molecule has 1 unspecified atom stereocenters. The Hall–Kier alpha value is -1.55. The van der Waals surface area contributed by atoms with Crippen molar-refractivity contribution in [2.45, 2.75) is 51.8 Å². The molecule has 0 radical (unpaired) electrons. The Morgan fingerprint density at radius 3 is 2.76 bits per heavy atom. The van der Waals surface area contributed by atoms with E-state index in [1.165, 1.54) is 0 Å². The average molecular weight is 290 g/mol. The van der Waals surface area contributed by atoms with Crippen LogP contribution in [0.3, 0.4) is 0 Å². The summed E-state index contributed by atoms with van der Waals surface area (Å²) < 4.78 is 5.43. The summed E-state index contributed by atoms with van der Waals surface area (Å²) in [4.78, 5) is 14.0. The molecular weight excluding hydrogens is 264 g/mol. The van der Waals surface area contributed by atoms with Crippen molar-refractivity contribution in [1.82, 2.24) is 10.2 Å². The van der Waals surface area contributed by atoms with Gasteiger partial charge in [0.25, 0.3) is 0 Å². The Labute approximate surface area is 127 Å². The number of amides is 1. The molecule has 1 aliphatic rings. The standard InChI is InChI=1S/C17H26N2O2/c1-14(2)18-17(3)10-7-11-19(13-17)16(20)21-12-15-8-5-4-6-9-15/h4-6,8-9,14,18H,7,10-13H2,1-3H3. The first-order valence-corrected chi connectivity index (χ1v) is 7.72. The number of likely N-dealkylation sites (tertiary alicyclic amines) is 1. The number of nitrogens with zero attached hydrogens (tertiary/aromatic N) is 1. The van der Waals surface area contributed by atoms with Crippen LogP contribution >= 0.6 is 0 Å². The fourth-order valence-corrected chi connectivity index (χ4v) is 3.02. The molecule has 0 aliphatic carbocycles. The van der Waals surface area contributed by atoms with Crippen molar-refractivity contribution >= 4 is 6.09 Å². The zero-order chi connectivity index (χ0) is 15.3. The van der Waals surface area contributed by atoms with E-state index in [0.717, 1.165) is 24.9 Å². The summed E-state index contributed by atoms with van der Waals surface area (Å²) in [5, 5.41) is 3.57. The maximum Gasteiger partial charge on any atom is 0.410 e. The van der Waals surface area contributed by atoms with Crippen LogP contribution < -0.4 is 5.32 Å². The summed E-state index contributed by atoms with van der Waals surface area (Å²) in [5.41, 5.74) is 1.00. The van der Waals surface area contributed by atoms with Gasteiger partial charge in [0.2, 0.25) is 0 Å². The molecule has 0 bridgehead atoms. The summed E-state index contributed by atoms with van der Waals surface area (Å²) in [6.45, 7) is 8.28. The summed E-state index contributed by atoms with van der Waals surface area (Å²) in [7, 11) is 0. The van der Waals surface area contributed by atoms with Crippen molar-refractivity contribution in [3.05, 3.63) is 35.9 Å². The monoisotopic (exact) mass is 290 g/mol. The Bertz CT molecular complexity index is 461. The Morgan fingerprint density at radius 2 is 2.10 bits per heavy atom. The van der Waals surface area contributed by atoms with Crippen LogP contribution in [0, 0.1) is 0 Å². The van der Waals surface area contributed by atoms with Gasteiger partial charge in [0.15, 0.2) is 0 Å². The molecule has 0 aromatic heterocycles.